The minimum absolute atomic E-state index is 0.00742. The van der Waals surface area contributed by atoms with Crippen LogP contribution in [0, 0.1) is 6.92 Å². The van der Waals surface area contributed by atoms with Gasteiger partial charge in [0.1, 0.15) is 11.4 Å². The number of nitrogens with zero attached hydrogens (tertiary/aromatic N) is 2. The summed E-state index contributed by atoms with van der Waals surface area (Å²) in [6, 6.07) is 1.56. The highest BCUT2D eigenvalue weighted by atomic mass is 16.6. The van der Waals surface area contributed by atoms with E-state index in [0.717, 1.165) is 18.4 Å². The van der Waals surface area contributed by atoms with Crippen LogP contribution < -0.4 is 0 Å². The molecule has 22 heavy (non-hydrogen) atoms. The van der Waals surface area contributed by atoms with Crippen molar-refractivity contribution in [2.45, 2.75) is 38.4 Å². The summed E-state index contributed by atoms with van der Waals surface area (Å²) in [5.41, 5.74) is 0.522. The summed E-state index contributed by atoms with van der Waals surface area (Å²) >= 11 is 0. The van der Waals surface area contributed by atoms with E-state index in [1.54, 1.807) is 17.2 Å². The molecule has 0 aliphatic carbocycles. The molecule has 2 fully saturated rings. The average molecular weight is 306 g/mol. The van der Waals surface area contributed by atoms with E-state index in [1.165, 1.54) is 0 Å². The quantitative estimate of drug-likeness (QED) is 0.896. The van der Waals surface area contributed by atoms with Crippen LogP contribution in [0.4, 0.5) is 0 Å². The van der Waals surface area contributed by atoms with Gasteiger partial charge in [-0.1, -0.05) is 6.92 Å². The summed E-state index contributed by atoms with van der Waals surface area (Å²) < 4.78 is 11.6. The second-order valence-corrected chi connectivity index (χ2v) is 6.20. The maximum Gasteiger partial charge on any atom is 0.276 e. The summed E-state index contributed by atoms with van der Waals surface area (Å²) in [7, 11) is 0. The molecule has 0 bridgehead atoms. The highest BCUT2D eigenvalue weighted by Crippen LogP contribution is 2.32. The van der Waals surface area contributed by atoms with Crippen LogP contribution in [0.3, 0.4) is 0 Å². The fraction of sp³-hybridized carbons (Fsp3) is 0.625. The number of pyridine rings is 1. The van der Waals surface area contributed by atoms with Crippen molar-refractivity contribution in [3.05, 3.63) is 23.5 Å². The van der Waals surface area contributed by atoms with Crippen LogP contribution in [0.15, 0.2) is 12.3 Å². The SMILES string of the molecule is CCC1CN(C(=O)c2ncc(C)cc2O)CC2(CCOC2)O1. The van der Waals surface area contributed by atoms with Crippen LogP contribution in [0.2, 0.25) is 0 Å². The third-order valence-electron chi connectivity index (χ3n) is 4.34. The van der Waals surface area contributed by atoms with Crippen molar-refractivity contribution in [2.75, 3.05) is 26.3 Å². The summed E-state index contributed by atoms with van der Waals surface area (Å²) in [5, 5.41) is 10.0. The molecule has 0 aromatic carbocycles. The third kappa shape index (κ3) is 2.80. The smallest absolute Gasteiger partial charge is 0.276 e. The van der Waals surface area contributed by atoms with Gasteiger partial charge < -0.3 is 19.5 Å². The monoisotopic (exact) mass is 306 g/mol. The van der Waals surface area contributed by atoms with Crippen LogP contribution >= 0.6 is 0 Å². The molecule has 0 saturated carbocycles. The van der Waals surface area contributed by atoms with Crippen molar-refractivity contribution in [3.8, 4) is 5.75 Å². The van der Waals surface area contributed by atoms with Crippen molar-refractivity contribution in [1.82, 2.24) is 9.88 Å². The molecular formula is C16H22N2O4. The lowest BCUT2D eigenvalue weighted by Gasteiger charge is -2.43. The van der Waals surface area contributed by atoms with Gasteiger partial charge in [-0.3, -0.25) is 4.79 Å². The Labute approximate surface area is 130 Å². The molecule has 3 heterocycles. The zero-order valence-electron chi connectivity index (χ0n) is 13.0. The fourth-order valence-electron chi connectivity index (χ4n) is 3.13. The molecular weight excluding hydrogens is 284 g/mol. The van der Waals surface area contributed by atoms with Gasteiger partial charge in [0.25, 0.3) is 5.91 Å². The van der Waals surface area contributed by atoms with Crippen molar-refractivity contribution in [3.63, 3.8) is 0 Å². The topological polar surface area (TPSA) is 71.9 Å². The first-order valence-electron chi connectivity index (χ1n) is 7.73. The van der Waals surface area contributed by atoms with Crippen LogP contribution in [0.25, 0.3) is 0 Å². The number of ether oxygens (including phenoxy) is 2. The fourth-order valence-corrected chi connectivity index (χ4v) is 3.13. The second-order valence-electron chi connectivity index (χ2n) is 6.20. The number of aromatic hydroxyl groups is 1. The predicted molar refractivity (Wildman–Crippen MR) is 79.9 cm³/mol. The predicted octanol–water partition coefficient (Wildman–Crippen LogP) is 1.51. The Hall–Kier alpha value is -1.66. The molecule has 1 N–H and O–H groups in total. The van der Waals surface area contributed by atoms with Crippen LogP contribution in [0.5, 0.6) is 5.75 Å². The molecule has 6 heteroatoms. The molecule has 120 valence electrons. The zero-order valence-corrected chi connectivity index (χ0v) is 13.0. The number of aryl methyl sites for hydroxylation is 1. The lowest BCUT2D eigenvalue weighted by atomic mass is 9.98. The summed E-state index contributed by atoms with van der Waals surface area (Å²) in [6.45, 7) is 6.05. The van der Waals surface area contributed by atoms with E-state index in [2.05, 4.69) is 4.98 Å². The maximum absolute atomic E-state index is 12.7. The van der Waals surface area contributed by atoms with Crippen LogP contribution in [0.1, 0.15) is 35.8 Å². The third-order valence-corrected chi connectivity index (χ3v) is 4.34. The normalized spacial score (nSPS) is 28.3. The zero-order chi connectivity index (χ0) is 15.7. The lowest BCUT2D eigenvalue weighted by Crippen LogP contribution is -2.57. The Kier molecular flexibility index (Phi) is 4.06. The molecule has 1 amide bonds. The van der Waals surface area contributed by atoms with E-state index in [0.29, 0.717) is 26.3 Å². The first-order chi connectivity index (χ1) is 10.5. The van der Waals surface area contributed by atoms with Crippen molar-refractivity contribution in [2.24, 2.45) is 0 Å². The van der Waals surface area contributed by atoms with Crippen LogP contribution in [-0.2, 0) is 9.47 Å². The molecule has 2 saturated heterocycles. The van der Waals surface area contributed by atoms with E-state index in [9.17, 15) is 9.90 Å². The summed E-state index contributed by atoms with van der Waals surface area (Å²) in [5.74, 6) is -0.313. The number of aromatic nitrogens is 1. The Bertz CT molecular complexity index is 569. The van der Waals surface area contributed by atoms with E-state index < -0.39 is 5.60 Å². The van der Waals surface area contributed by atoms with Crippen molar-refractivity contribution in [1.29, 1.82) is 0 Å². The number of hydrogen-bond donors (Lipinski definition) is 1. The van der Waals surface area contributed by atoms with Gasteiger partial charge >= 0.3 is 0 Å². The Balaban J connectivity index is 1.84. The molecule has 0 radical (unpaired) electrons. The molecule has 2 aliphatic rings. The highest BCUT2D eigenvalue weighted by molar-refractivity contribution is 5.95. The van der Waals surface area contributed by atoms with Gasteiger partial charge in [0.15, 0.2) is 5.69 Å². The largest absolute Gasteiger partial charge is 0.505 e. The Morgan fingerprint density at radius 1 is 1.59 bits per heavy atom. The number of carbonyl (C=O) groups is 1. The molecule has 6 nitrogen and oxygen atoms in total. The van der Waals surface area contributed by atoms with E-state index >= 15 is 0 Å². The minimum Gasteiger partial charge on any atom is -0.505 e. The Morgan fingerprint density at radius 3 is 3.05 bits per heavy atom. The van der Waals surface area contributed by atoms with Gasteiger partial charge in [0.05, 0.1) is 19.3 Å². The van der Waals surface area contributed by atoms with E-state index in [4.69, 9.17) is 9.47 Å². The van der Waals surface area contributed by atoms with Gasteiger partial charge in [-0.15, -0.1) is 0 Å². The number of amides is 1. The molecule has 1 aromatic heterocycles. The minimum atomic E-state index is -0.408. The maximum atomic E-state index is 12.7. The molecule has 2 atom stereocenters. The lowest BCUT2D eigenvalue weighted by molar-refractivity contribution is -0.145. The number of morpholine rings is 1. The molecule has 2 unspecified atom stereocenters. The van der Waals surface area contributed by atoms with Crippen molar-refractivity contribution < 1.29 is 19.4 Å². The second kappa shape index (κ2) is 5.85. The first-order valence-corrected chi connectivity index (χ1v) is 7.73. The van der Waals surface area contributed by atoms with Gasteiger partial charge in [0.2, 0.25) is 0 Å². The van der Waals surface area contributed by atoms with Crippen LogP contribution in [-0.4, -0.2) is 58.9 Å². The van der Waals surface area contributed by atoms with Crippen molar-refractivity contribution >= 4 is 5.91 Å². The molecule has 1 aromatic rings. The number of rotatable bonds is 2. The molecule has 2 aliphatic heterocycles. The van der Waals surface area contributed by atoms with Gasteiger partial charge in [-0.05, 0) is 25.0 Å². The Morgan fingerprint density at radius 2 is 2.41 bits per heavy atom. The first kappa shape index (κ1) is 15.2. The van der Waals surface area contributed by atoms with Gasteiger partial charge in [0, 0.05) is 25.8 Å². The van der Waals surface area contributed by atoms with Gasteiger partial charge in [-0.25, -0.2) is 4.98 Å². The highest BCUT2D eigenvalue weighted by Gasteiger charge is 2.45. The standard InChI is InChI=1S/C16H22N2O4/c1-3-12-8-18(9-16(22-12)4-5-21-10-16)15(20)14-13(19)6-11(2)7-17-14/h6-7,12,19H,3-5,8-10H2,1-2H3. The summed E-state index contributed by atoms with van der Waals surface area (Å²) in [6.07, 6.45) is 3.21. The molecule has 1 spiro atoms. The number of carbonyl (C=O) groups excluding carboxylic acids is 1. The van der Waals surface area contributed by atoms with E-state index in [-0.39, 0.29) is 23.5 Å². The van der Waals surface area contributed by atoms with E-state index in [1.807, 2.05) is 13.8 Å². The average Bonchev–Trinajstić information content (AvgIpc) is 2.93. The van der Waals surface area contributed by atoms with Gasteiger partial charge in [-0.2, -0.15) is 0 Å². The summed E-state index contributed by atoms with van der Waals surface area (Å²) in [4.78, 5) is 18.6. The molecule has 3 rings (SSSR count). The number of hydrogen-bond acceptors (Lipinski definition) is 5.